The van der Waals surface area contributed by atoms with Gasteiger partial charge >= 0.3 is 5.97 Å². The number of hydrogen-bond donors (Lipinski definition) is 1. The van der Waals surface area contributed by atoms with Crippen LogP contribution in [0.5, 0.6) is 5.88 Å². The Hall–Kier alpha value is -2.53. The maximum absolute atomic E-state index is 10.7. The predicted molar refractivity (Wildman–Crippen MR) is 83.4 cm³/mol. The van der Waals surface area contributed by atoms with Gasteiger partial charge < -0.3 is 9.84 Å². The minimum atomic E-state index is -1.04. The van der Waals surface area contributed by atoms with Gasteiger partial charge in [0.15, 0.2) is 6.61 Å². The maximum atomic E-state index is 10.7. The number of rotatable bonds is 5. The molecule has 1 heterocycles. The molecule has 0 amide bonds. The summed E-state index contributed by atoms with van der Waals surface area (Å²) in [6, 6.07) is 15.0. The summed E-state index contributed by atoms with van der Waals surface area (Å²) in [7, 11) is 0. The Balaban J connectivity index is 1.99. The molecule has 3 aromatic rings. The predicted octanol–water partition coefficient (Wildman–Crippen LogP) is 3.20. The Labute approximate surface area is 131 Å². The van der Waals surface area contributed by atoms with E-state index in [1.165, 1.54) is 0 Å². The summed E-state index contributed by atoms with van der Waals surface area (Å²) in [5.74, 6) is -0.727. The minimum Gasteiger partial charge on any atom is -0.479 e. The number of halogens is 1. The first kappa shape index (κ1) is 14.4. The van der Waals surface area contributed by atoms with Crippen molar-refractivity contribution in [2.75, 3.05) is 6.61 Å². The van der Waals surface area contributed by atoms with Crippen molar-refractivity contribution in [1.29, 1.82) is 0 Å². The highest BCUT2D eigenvalue weighted by molar-refractivity contribution is 6.31. The summed E-state index contributed by atoms with van der Waals surface area (Å²) >= 11 is 6.18. The zero-order valence-corrected chi connectivity index (χ0v) is 12.3. The highest BCUT2D eigenvalue weighted by Gasteiger charge is 2.13. The minimum absolute atomic E-state index is 0.310. The van der Waals surface area contributed by atoms with Crippen molar-refractivity contribution in [2.24, 2.45) is 0 Å². The van der Waals surface area contributed by atoms with E-state index in [1.807, 2.05) is 48.5 Å². The second kappa shape index (κ2) is 6.07. The molecule has 0 aliphatic carbocycles. The van der Waals surface area contributed by atoms with Crippen molar-refractivity contribution in [3.63, 3.8) is 0 Å². The van der Waals surface area contributed by atoms with E-state index < -0.39 is 12.6 Å². The molecule has 0 atom stereocenters. The van der Waals surface area contributed by atoms with Crippen molar-refractivity contribution in [3.05, 3.63) is 59.1 Å². The van der Waals surface area contributed by atoms with E-state index in [2.05, 4.69) is 5.10 Å². The van der Waals surface area contributed by atoms with E-state index in [1.54, 1.807) is 4.68 Å². The average Bonchev–Trinajstić information content (AvgIpc) is 2.86. The fourth-order valence-corrected chi connectivity index (χ4v) is 2.44. The van der Waals surface area contributed by atoms with Crippen LogP contribution in [0.4, 0.5) is 0 Å². The summed E-state index contributed by atoms with van der Waals surface area (Å²) in [5.41, 5.74) is 1.80. The van der Waals surface area contributed by atoms with Crippen LogP contribution in [-0.2, 0) is 11.3 Å². The highest BCUT2D eigenvalue weighted by atomic mass is 35.5. The number of ether oxygens (including phenoxy) is 1. The van der Waals surface area contributed by atoms with Crippen LogP contribution in [0.15, 0.2) is 48.5 Å². The number of benzene rings is 2. The number of nitrogens with zero attached hydrogens (tertiary/aromatic N) is 2. The lowest BCUT2D eigenvalue weighted by Gasteiger charge is -2.05. The Bertz CT molecular complexity index is 829. The zero-order valence-electron chi connectivity index (χ0n) is 11.6. The number of hydrogen-bond acceptors (Lipinski definition) is 3. The largest absolute Gasteiger partial charge is 0.479 e. The number of fused-ring (bicyclic) bond motifs is 1. The molecular weight excluding hydrogens is 304 g/mol. The highest BCUT2D eigenvalue weighted by Crippen LogP contribution is 2.26. The van der Waals surface area contributed by atoms with E-state index in [-0.39, 0.29) is 0 Å². The lowest BCUT2D eigenvalue weighted by Crippen LogP contribution is -2.10. The SMILES string of the molecule is O=C(O)COc1nn(Cc2ccccc2Cl)c2ccccc12. The Morgan fingerprint density at radius 3 is 2.68 bits per heavy atom. The molecule has 0 aliphatic rings. The molecule has 0 saturated carbocycles. The number of para-hydroxylation sites is 1. The van der Waals surface area contributed by atoms with Gasteiger partial charge in [0.2, 0.25) is 5.88 Å². The topological polar surface area (TPSA) is 64.3 Å². The zero-order chi connectivity index (χ0) is 15.5. The molecule has 0 unspecified atom stereocenters. The van der Waals surface area contributed by atoms with Crippen molar-refractivity contribution in [2.45, 2.75) is 6.54 Å². The van der Waals surface area contributed by atoms with Crippen LogP contribution in [0.2, 0.25) is 5.02 Å². The monoisotopic (exact) mass is 316 g/mol. The Morgan fingerprint density at radius 1 is 1.18 bits per heavy atom. The molecule has 5 nitrogen and oxygen atoms in total. The molecule has 3 rings (SSSR count). The van der Waals surface area contributed by atoms with Gasteiger partial charge in [-0.1, -0.05) is 41.9 Å². The van der Waals surface area contributed by atoms with Crippen LogP contribution in [0, 0.1) is 0 Å². The lowest BCUT2D eigenvalue weighted by molar-refractivity contribution is -0.139. The summed E-state index contributed by atoms with van der Waals surface area (Å²) in [6.07, 6.45) is 0. The van der Waals surface area contributed by atoms with Crippen LogP contribution < -0.4 is 4.74 Å². The van der Waals surface area contributed by atoms with Crippen LogP contribution in [0.3, 0.4) is 0 Å². The quantitative estimate of drug-likeness (QED) is 0.785. The summed E-state index contributed by atoms with van der Waals surface area (Å²) in [4.78, 5) is 10.7. The molecule has 1 N–H and O–H groups in total. The van der Waals surface area contributed by atoms with Gasteiger partial charge in [0.05, 0.1) is 17.4 Å². The molecule has 0 fully saturated rings. The van der Waals surface area contributed by atoms with Crippen molar-refractivity contribution >= 4 is 28.5 Å². The number of aromatic nitrogens is 2. The second-order valence-electron chi connectivity index (χ2n) is 4.75. The number of carboxylic acid groups (broad SMARTS) is 1. The molecule has 22 heavy (non-hydrogen) atoms. The fraction of sp³-hybridized carbons (Fsp3) is 0.125. The Kier molecular flexibility index (Phi) is 3.98. The number of carboxylic acids is 1. The molecular formula is C16H13ClN2O3. The number of carbonyl (C=O) groups is 1. The van der Waals surface area contributed by atoms with Gasteiger partial charge in [-0.05, 0) is 23.8 Å². The van der Waals surface area contributed by atoms with E-state index in [0.29, 0.717) is 17.4 Å². The Morgan fingerprint density at radius 2 is 1.91 bits per heavy atom. The van der Waals surface area contributed by atoms with Crippen LogP contribution in [0.25, 0.3) is 10.9 Å². The average molecular weight is 317 g/mol. The molecule has 1 aromatic heterocycles. The normalized spacial score (nSPS) is 10.8. The maximum Gasteiger partial charge on any atom is 0.341 e. The first-order valence-corrected chi connectivity index (χ1v) is 7.06. The first-order valence-electron chi connectivity index (χ1n) is 6.68. The smallest absolute Gasteiger partial charge is 0.341 e. The van der Waals surface area contributed by atoms with Crippen molar-refractivity contribution < 1.29 is 14.6 Å². The van der Waals surface area contributed by atoms with E-state index in [4.69, 9.17) is 21.4 Å². The summed E-state index contributed by atoms with van der Waals surface area (Å²) in [5, 5.41) is 14.6. The van der Waals surface area contributed by atoms with Crippen LogP contribution in [-0.4, -0.2) is 27.5 Å². The molecule has 112 valence electrons. The molecule has 0 radical (unpaired) electrons. The molecule has 0 bridgehead atoms. The van der Waals surface area contributed by atoms with E-state index in [0.717, 1.165) is 16.5 Å². The van der Waals surface area contributed by atoms with Gasteiger partial charge in [-0.3, -0.25) is 4.68 Å². The first-order chi connectivity index (χ1) is 10.6. The van der Waals surface area contributed by atoms with Gasteiger partial charge in [0.25, 0.3) is 0 Å². The number of aliphatic carboxylic acids is 1. The molecule has 6 heteroatoms. The lowest BCUT2D eigenvalue weighted by atomic mass is 10.2. The van der Waals surface area contributed by atoms with Gasteiger partial charge in [0.1, 0.15) is 0 Å². The fourth-order valence-electron chi connectivity index (χ4n) is 2.24. The van der Waals surface area contributed by atoms with Gasteiger partial charge in [-0.15, -0.1) is 5.10 Å². The summed E-state index contributed by atoms with van der Waals surface area (Å²) in [6.45, 7) is 0.0592. The van der Waals surface area contributed by atoms with Crippen LogP contribution >= 0.6 is 11.6 Å². The third kappa shape index (κ3) is 2.89. The van der Waals surface area contributed by atoms with E-state index >= 15 is 0 Å². The second-order valence-corrected chi connectivity index (χ2v) is 5.16. The molecule has 0 aliphatic heterocycles. The standard InChI is InChI=1S/C16H13ClN2O3/c17-13-7-3-1-5-11(13)9-19-14-8-4-2-6-12(14)16(18-19)22-10-15(20)21/h1-8H,9-10H2,(H,20,21). The molecule has 2 aromatic carbocycles. The molecule has 0 spiro atoms. The van der Waals surface area contributed by atoms with Crippen molar-refractivity contribution in [3.8, 4) is 5.88 Å². The van der Waals surface area contributed by atoms with Crippen molar-refractivity contribution in [1.82, 2.24) is 9.78 Å². The van der Waals surface area contributed by atoms with Gasteiger partial charge in [-0.2, -0.15) is 0 Å². The van der Waals surface area contributed by atoms with Gasteiger partial charge in [-0.25, -0.2) is 4.79 Å². The van der Waals surface area contributed by atoms with Gasteiger partial charge in [0, 0.05) is 5.02 Å². The van der Waals surface area contributed by atoms with E-state index in [9.17, 15) is 4.79 Å². The van der Waals surface area contributed by atoms with Crippen LogP contribution in [0.1, 0.15) is 5.56 Å². The summed E-state index contributed by atoms with van der Waals surface area (Å²) < 4.78 is 7.02. The third-order valence-corrected chi connectivity index (χ3v) is 3.60. The third-order valence-electron chi connectivity index (χ3n) is 3.23. The molecule has 0 saturated heterocycles.